The number of β-amino-alcohol motifs (C(OH)–C–C–N with tert-alkyl or cyclic N) is 1. The van der Waals surface area contributed by atoms with Crippen molar-refractivity contribution in [1.29, 1.82) is 0 Å². The number of nitrogens with zero attached hydrogens (tertiary/aromatic N) is 4. The van der Waals surface area contributed by atoms with E-state index in [0.29, 0.717) is 38.3 Å². The summed E-state index contributed by atoms with van der Waals surface area (Å²) in [5, 5.41) is 21.0. The molecule has 4 rings (SSSR count). The topological polar surface area (TPSA) is 85.3 Å². The van der Waals surface area contributed by atoms with Gasteiger partial charge in [-0.15, -0.1) is 0 Å². The minimum atomic E-state index is -1.01. The molecule has 1 aromatic heterocycles. The van der Waals surface area contributed by atoms with Gasteiger partial charge in [0.05, 0.1) is 12.7 Å². The van der Waals surface area contributed by atoms with Gasteiger partial charge in [0.2, 0.25) is 5.91 Å². The Kier molecular flexibility index (Phi) is 3.82. The standard InChI is InChI=1S/C17H21N5O2/c23-16(22-7-5-13-3-1-2-4-14(13)10-22)11-21-8-6-17(24,12-21)15-9-18-20-19-15/h1-4,9,24H,5-8,10-12H2,(H,18,19,20). The van der Waals surface area contributed by atoms with Crippen LogP contribution in [0.5, 0.6) is 0 Å². The van der Waals surface area contributed by atoms with E-state index in [0.717, 1.165) is 13.0 Å². The zero-order valence-corrected chi connectivity index (χ0v) is 13.5. The first-order chi connectivity index (χ1) is 11.6. The summed E-state index contributed by atoms with van der Waals surface area (Å²) in [7, 11) is 0. The summed E-state index contributed by atoms with van der Waals surface area (Å²) in [6, 6.07) is 8.29. The van der Waals surface area contributed by atoms with Gasteiger partial charge in [0.1, 0.15) is 11.3 Å². The number of benzene rings is 1. The lowest BCUT2D eigenvalue weighted by Crippen LogP contribution is -2.43. The number of hydrogen-bond acceptors (Lipinski definition) is 5. The molecule has 0 saturated carbocycles. The van der Waals surface area contributed by atoms with Gasteiger partial charge in [-0.2, -0.15) is 15.4 Å². The monoisotopic (exact) mass is 327 g/mol. The molecule has 1 amide bonds. The van der Waals surface area contributed by atoms with Crippen LogP contribution < -0.4 is 0 Å². The molecule has 0 bridgehead atoms. The number of aromatic amines is 1. The molecular formula is C17H21N5O2. The second kappa shape index (κ2) is 5.99. The number of carbonyl (C=O) groups is 1. The van der Waals surface area contributed by atoms with Gasteiger partial charge in [0.25, 0.3) is 0 Å². The van der Waals surface area contributed by atoms with Crippen LogP contribution in [0.1, 0.15) is 23.2 Å². The zero-order valence-electron chi connectivity index (χ0n) is 13.5. The first-order valence-electron chi connectivity index (χ1n) is 8.30. The lowest BCUT2D eigenvalue weighted by Gasteiger charge is -2.30. The van der Waals surface area contributed by atoms with Crippen molar-refractivity contribution in [3.8, 4) is 0 Å². The second-order valence-corrected chi connectivity index (χ2v) is 6.68. The van der Waals surface area contributed by atoms with Crippen molar-refractivity contribution in [3.63, 3.8) is 0 Å². The highest BCUT2D eigenvalue weighted by atomic mass is 16.3. The third kappa shape index (κ3) is 2.81. The molecule has 0 radical (unpaired) electrons. The van der Waals surface area contributed by atoms with E-state index in [-0.39, 0.29) is 5.91 Å². The van der Waals surface area contributed by atoms with Crippen molar-refractivity contribution < 1.29 is 9.90 Å². The van der Waals surface area contributed by atoms with Gasteiger partial charge < -0.3 is 10.0 Å². The number of H-pyrrole nitrogens is 1. The van der Waals surface area contributed by atoms with Gasteiger partial charge >= 0.3 is 0 Å². The van der Waals surface area contributed by atoms with Gasteiger partial charge in [0, 0.05) is 26.2 Å². The minimum absolute atomic E-state index is 0.119. The van der Waals surface area contributed by atoms with Crippen LogP contribution in [-0.2, 0) is 23.4 Å². The summed E-state index contributed by atoms with van der Waals surface area (Å²) in [4.78, 5) is 16.5. The Bertz CT molecular complexity index is 732. The predicted molar refractivity (Wildman–Crippen MR) is 86.9 cm³/mol. The molecule has 7 nitrogen and oxygen atoms in total. The average molecular weight is 327 g/mol. The van der Waals surface area contributed by atoms with Crippen molar-refractivity contribution in [2.45, 2.75) is 25.0 Å². The molecule has 2 aromatic rings. The molecule has 1 aromatic carbocycles. The first-order valence-corrected chi connectivity index (χ1v) is 8.30. The molecule has 2 aliphatic rings. The van der Waals surface area contributed by atoms with Crippen LogP contribution in [0.15, 0.2) is 30.5 Å². The summed E-state index contributed by atoms with van der Waals surface area (Å²) >= 11 is 0. The molecule has 126 valence electrons. The summed E-state index contributed by atoms with van der Waals surface area (Å²) in [6.45, 7) is 2.87. The van der Waals surface area contributed by atoms with Crippen molar-refractivity contribution in [2.24, 2.45) is 0 Å². The Morgan fingerprint density at radius 3 is 2.92 bits per heavy atom. The third-order valence-electron chi connectivity index (χ3n) is 5.06. The van der Waals surface area contributed by atoms with Crippen LogP contribution in [0.4, 0.5) is 0 Å². The van der Waals surface area contributed by atoms with Gasteiger partial charge in [0.15, 0.2) is 0 Å². The van der Waals surface area contributed by atoms with E-state index in [9.17, 15) is 9.90 Å². The fourth-order valence-electron chi connectivity index (χ4n) is 3.64. The van der Waals surface area contributed by atoms with E-state index in [4.69, 9.17) is 0 Å². The van der Waals surface area contributed by atoms with Gasteiger partial charge in [-0.25, -0.2) is 0 Å². The Morgan fingerprint density at radius 1 is 1.29 bits per heavy atom. The summed E-state index contributed by atoms with van der Waals surface area (Å²) in [5.41, 5.74) is 2.10. The number of hydrogen-bond donors (Lipinski definition) is 2. The van der Waals surface area contributed by atoms with Crippen LogP contribution in [0.3, 0.4) is 0 Å². The number of likely N-dealkylation sites (tertiary alicyclic amines) is 1. The van der Waals surface area contributed by atoms with Crippen LogP contribution in [-0.4, -0.2) is 62.4 Å². The first kappa shape index (κ1) is 15.3. The van der Waals surface area contributed by atoms with E-state index in [2.05, 4.69) is 27.5 Å². The fourth-order valence-corrected chi connectivity index (χ4v) is 3.64. The largest absolute Gasteiger partial charge is 0.382 e. The van der Waals surface area contributed by atoms with E-state index < -0.39 is 5.60 Å². The van der Waals surface area contributed by atoms with E-state index in [1.54, 1.807) is 6.20 Å². The average Bonchev–Trinajstić information content (AvgIpc) is 3.25. The van der Waals surface area contributed by atoms with Crippen LogP contribution in [0.25, 0.3) is 0 Å². The normalized spacial score (nSPS) is 24.1. The number of carbonyl (C=O) groups excluding carboxylic acids is 1. The van der Waals surface area contributed by atoms with Crippen molar-refractivity contribution in [2.75, 3.05) is 26.2 Å². The molecule has 1 atom stereocenters. The highest BCUT2D eigenvalue weighted by Crippen LogP contribution is 2.30. The molecule has 1 fully saturated rings. The molecule has 2 N–H and O–H groups in total. The Morgan fingerprint density at radius 2 is 2.12 bits per heavy atom. The third-order valence-corrected chi connectivity index (χ3v) is 5.06. The van der Waals surface area contributed by atoms with Crippen LogP contribution in [0, 0.1) is 0 Å². The number of rotatable bonds is 3. The number of aliphatic hydroxyl groups is 1. The minimum Gasteiger partial charge on any atom is -0.382 e. The van der Waals surface area contributed by atoms with Crippen LogP contribution >= 0.6 is 0 Å². The fraction of sp³-hybridized carbons (Fsp3) is 0.471. The summed E-state index contributed by atoms with van der Waals surface area (Å²) < 4.78 is 0. The van der Waals surface area contributed by atoms with Crippen molar-refractivity contribution >= 4 is 5.91 Å². The Balaban J connectivity index is 1.38. The predicted octanol–water partition coefficient (Wildman–Crippen LogP) is 0.283. The number of nitrogens with one attached hydrogen (secondary N) is 1. The molecule has 3 heterocycles. The maximum absolute atomic E-state index is 12.6. The lowest BCUT2D eigenvalue weighted by molar-refractivity contribution is -0.133. The van der Waals surface area contributed by atoms with Gasteiger partial charge in [-0.1, -0.05) is 24.3 Å². The number of aromatic nitrogens is 3. The van der Waals surface area contributed by atoms with E-state index in [1.807, 2.05) is 21.9 Å². The molecule has 1 saturated heterocycles. The van der Waals surface area contributed by atoms with E-state index in [1.165, 1.54) is 11.1 Å². The molecule has 2 aliphatic heterocycles. The van der Waals surface area contributed by atoms with Gasteiger partial charge in [-0.05, 0) is 24.0 Å². The lowest BCUT2D eigenvalue weighted by atomic mass is 10.00. The number of fused-ring (bicyclic) bond motifs is 1. The number of amides is 1. The smallest absolute Gasteiger partial charge is 0.237 e. The van der Waals surface area contributed by atoms with Gasteiger partial charge in [-0.3, -0.25) is 9.69 Å². The molecule has 1 unspecified atom stereocenters. The second-order valence-electron chi connectivity index (χ2n) is 6.68. The molecule has 0 aliphatic carbocycles. The summed E-state index contributed by atoms with van der Waals surface area (Å²) in [5.74, 6) is 0.119. The highest BCUT2D eigenvalue weighted by Gasteiger charge is 2.40. The Labute approximate surface area is 140 Å². The quantitative estimate of drug-likeness (QED) is 0.846. The summed E-state index contributed by atoms with van der Waals surface area (Å²) in [6.07, 6.45) is 3.02. The van der Waals surface area contributed by atoms with Crippen molar-refractivity contribution in [3.05, 3.63) is 47.3 Å². The maximum Gasteiger partial charge on any atom is 0.237 e. The van der Waals surface area contributed by atoms with Crippen LogP contribution in [0.2, 0.25) is 0 Å². The van der Waals surface area contributed by atoms with E-state index >= 15 is 0 Å². The highest BCUT2D eigenvalue weighted by molar-refractivity contribution is 5.78. The zero-order chi connectivity index (χ0) is 16.6. The molecule has 24 heavy (non-hydrogen) atoms. The maximum atomic E-state index is 12.6. The SMILES string of the molecule is O=C(CN1CCC(O)(c2cn[nH]n2)C1)N1CCc2ccccc2C1. The Hall–Kier alpha value is -2.25. The molecule has 0 spiro atoms. The van der Waals surface area contributed by atoms with Crippen molar-refractivity contribution in [1.82, 2.24) is 25.2 Å². The molecular weight excluding hydrogens is 306 g/mol. The molecule has 7 heteroatoms.